The van der Waals surface area contributed by atoms with Gasteiger partial charge in [0.05, 0.1) is 0 Å². The van der Waals surface area contributed by atoms with E-state index in [1.165, 1.54) is 11.1 Å². The number of carbonyl (C=O) groups excluding carboxylic acids is 1. The summed E-state index contributed by atoms with van der Waals surface area (Å²) in [5, 5.41) is 3.38. The van der Waals surface area contributed by atoms with Gasteiger partial charge in [0, 0.05) is 36.7 Å². The molecule has 1 amide bonds. The average Bonchev–Trinajstić information content (AvgIpc) is 3.15. The third-order valence-electron chi connectivity index (χ3n) is 5.49. The molecule has 2 aliphatic heterocycles. The van der Waals surface area contributed by atoms with Crippen molar-refractivity contribution in [1.29, 1.82) is 0 Å². The second kappa shape index (κ2) is 7.16. The smallest absolute Gasteiger partial charge is 0.228 e. The zero-order valence-corrected chi connectivity index (χ0v) is 15.6. The molecule has 0 bridgehead atoms. The number of hydrogen-bond donors (Lipinski definition) is 1. The molecule has 1 atom stereocenters. The van der Waals surface area contributed by atoms with Crippen LogP contribution in [-0.4, -0.2) is 35.5 Å². The predicted octanol–water partition coefficient (Wildman–Crippen LogP) is 2.69. The van der Waals surface area contributed by atoms with Crippen LogP contribution < -0.4 is 10.2 Å². The third-order valence-corrected chi connectivity index (χ3v) is 5.49. The Morgan fingerprint density at radius 1 is 1.23 bits per heavy atom. The first kappa shape index (κ1) is 17.2. The van der Waals surface area contributed by atoms with Crippen LogP contribution in [0, 0.1) is 13.8 Å². The molecule has 1 aromatic heterocycles. The zero-order valence-electron chi connectivity index (χ0n) is 15.6. The molecule has 26 heavy (non-hydrogen) atoms. The van der Waals surface area contributed by atoms with Gasteiger partial charge >= 0.3 is 0 Å². The Labute approximate surface area is 154 Å². The Kier molecular flexibility index (Phi) is 4.72. The van der Waals surface area contributed by atoms with Crippen molar-refractivity contribution < 1.29 is 4.79 Å². The topological polar surface area (TPSA) is 58.1 Å². The Balaban J connectivity index is 1.62. The van der Waals surface area contributed by atoms with Gasteiger partial charge in [-0.15, -0.1) is 0 Å². The van der Waals surface area contributed by atoms with Gasteiger partial charge in [0.2, 0.25) is 5.91 Å². The van der Waals surface area contributed by atoms with E-state index in [1.54, 1.807) is 0 Å². The maximum atomic E-state index is 12.6. The minimum Gasteiger partial charge on any atom is -0.316 e. The lowest BCUT2D eigenvalue weighted by molar-refractivity contribution is -0.118. The molecule has 1 saturated heterocycles. The largest absolute Gasteiger partial charge is 0.316 e. The molecule has 5 heteroatoms. The quantitative estimate of drug-likeness (QED) is 0.921. The summed E-state index contributed by atoms with van der Waals surface area (Å²) in [6.07, 6.45) is 3.21. The van der Waals surface area contributed by atoms with E-state index < -0.39 is 0 Å². The molecule has 0 aliphatic carbocycles. The fourth-order valence-electron chi connectivity index (χ4n) is 4.00. The summed E-state index contributed by atoms with van der Waals surface area (Å²) in [5.74, 6) is 2.28. The maximum absolute atomic E-state index is 12.6. The molecule has 136 valence electrons. The first-order valence-corrected chi connectivity index (χ1v) is 9.56. The number of nitrogens with zero attached hydrogens (tertiary/aromatic N) is 3. The number of amides is 1. The van der Waals surface area contributed by atoms with E-state index in [4.69, 9.17) is 9.97 Å². The second-order valence-electron chi connectivity index (χ2n) is 7.44. The fourth-order valence-corrected chi connectivity index (χ4v) is 4.00. The monoisotopic (exact) mass is 350 g/mol. The van der Waals surface area contributed by atoms with Crippen LogP contribution in [0.4, 0.5) is 5.82 Å². The normalized spacial score (nSPS) is 19.7. The van der Waals surface area contributed by atoms with Gasteiger partial charge in [-0.05, 0) is 45.2 Å². The molecular formula is C21H26N4O. The molecule has 4 rings (SSSR count). The summed E-state index contributed by atoms with van der Waals surface area (Å²) < 4.78 is 0. The van der Waals surface area contributed by atoms with Crippen LogP contribution in [0.1, 0.15) is 47.0 Å². The Bertz CT molecular complexity index is 827. The second-order valence-corrected chi connectivity index (χ2v) is 7.44. The van der Waals surface area contributed by atoms with Crippen molar-refractivity contribution in [3.63, 3.8) is 0 Å². The van der Waals surface area contributed by atoms with Gasteiger partial charge in [-0.2, -0.15) is 0 Å². The van der Waals surface area contributed by atoms with Crippen molar-refractivity contribution in [2.24, 2.45) is 0 Å². The molecule has 1 aromatic carbocycles. The number of fused-ring (bicyclic) bond motifs is 1. The van der Waals surface area contributed by atoms with Crippen molar-refractivity contribution in [2.45, 2.75) is 45.4 Å². The Morgan fingerprint density at radius 2 is 2.12 bits per heavy atom. The number of rotatable bonds is 4. The summed E-state index contributed by atoms with van der Waals surface area (Å²) in [6.45, 7) is 6.77. The summed E-state index contributed by atoms with van der Waals surface area (Å²) in [7, 11) is 0. The number of carbonyl (C=O) groups is 1. The number of anilines is 1. The van der Waals surface area contributed by atoms with Crippen LogP contribution >= 0.6 is 0 Å². The van der Waals surface area contributed by atoms with Gasteiger partial charge in [-0.1, -0.05) is 29.8 Å². The van der Waals surface area contributed by atoms with Gasteiger partial charge in [-0.25, -0.2) is 9.97 Å². The van der Waals surface area contributed by atoms with Crippen molar-refractivity contribution >= 4 is 11.7 Å². The minimum absolute atomic E-state index is 0.179. The number of benzene rings is 1. The first-order valence-electron chi connectivity index (χ1n) is 9.56. The van der Waals surface area contributed by atoms with Gasteiger partial charge in [-0.3, -0.25) is 9.69 Å². The third kappa shape index (κ3) is 3.36. The molecule has 3 heterocycles. The highest BCUT2D eigenvalue weighted by atomic mass is 16.2. The van der Waals surface area contributed by atoms with Gasteiger partial charge in [0.15, 0.2) is 0 Å². The predicted molar refractivity (Wildman–Crippen MR) is 103 cm³/mol. The van der Waals surface area contributed by atoms with Gasteiger partial charge in [0.25, 0.3) is 0 Å². The van der Waals surface area contributed by atoms with E-state index in [9.17, 15) is 4.79 Å². The molecular weight excluding hydrogens is 324 g/mol. The van der Waals surface area contributed by atoms with Crippen LogP contribution in [0.25, 0.3) is 0 Å². The number of aryl methyl sites for hydroxylation is 2. The molecule has 5 nitrogen and oxygen atoms in total. The molecule has 0 spiro atoms. The van der Waals surface area contributed by atoms with E-state index in [-0.39, 0.29) is 5.91 Å². The molecule has 2 aliphatic rings. The van der Waals surface area contributed by atoms with Crippen molar-refractivity contribution in [3.05, 3.63) is 52.5 Å². The summed E-state index contributed by atoms with van der Waals surface area (Å²) in [5.41, 5.74) is 4.69. The maximum Gasteiger partial charge on any atom is 0.228 e. The van der Waals surface area contributed by atoms with E-state index in [2.05, 4.69) is 43.4 Å². The van der Waals surface area contributed by atoms with E-state index in [0.717, 1.165) is 55.3 Å². The number of nitrogens with one attached hydrogen (secondary N) is 1. The van der Waals surface area contributed by atoms with Crippen LogP contribution in [0.15, 0.2) is 24.3 Å². The molecule has 1 unspecified atom stereocenters. The fraction of sp³-hybridized carbons (Fsp3) is 0.476. The lowest BCUT2D eigenvalue weighted by Crippen LogP contribution is -2.38. The molecule has 1 N–H and O–H groups in total. The molecule has 1 fully saturated rings. The van der Waals surface area contributed by atoms with E-state index >= 15 is 0 Å². The number of hydrogen-bond acceptors (Lipinski definition) is 4. The van der Waals surface area contributed by atoms with Crippen LogP contribution in [0.2, 0.25) is 0 Å². The van der Waals surface area contributed by atoms with Gasteiger partial charge < -0.3 is 5.32 Å². The van der Waals surface area contributed by atoms with Crippen molar-refractivity contribution in [1.82, 2.24) is 15.3 Å². The zero-order chi connectivity index (χ0) is 18.1. The van der Waals surface area contributed by atoms with E-state index in [0.29, 0.717) is 18.9 Å². The van der Waals surface area contributed by atoms with Crippen LogP contribution in [-0.2, 0) is 17.6 Å². The van der Waals surface area contributed by atoms with Crippen LogP contribution in [0.3, 0.4) is 0 Å². The molecule has 0 saturated carbocycles. The first-order chi connectivity index (χ1) is 12.6. The van der Waals surface area contributed by atoms with Crippen molar-refractivity contribution in [2.75, 3.05) is 24.5 Å². The minimum atomic E-state index is 0.179. The molecule has 0 radical (unpaired) electrons. The van der Waals surface area contributed by atoms with Crippen molar-refractivity contribution in [3.8, 4) is 0 Å². The Morgan fingerprint density at radius 3 is 2.88 bits per heavy atom. The lowest BCUT2D eigenvalue weighted by Gasteiger charge is -2.30. The summed E-state index contributed by atoms with van der Waals surface area (Å²) in [4.78, 5) is 24.2. The van der Waals surface area contributed by atoms with Gasteiger partial charge in [0.1, 0.15) is 11.6 Å². The summed E-state index contributed by atoms with van der Waals surface area (Å²) in [6, 6.07) is 8.50. The highest BCUT2D eigenvalue weighted by Gasteiger charge is 2.29. The average molecular weight is 350 g/mol. The lowest BCUT2D eigenvalue weighted by atomic mass is 10.0. The summed E-state index contributed by atoms with van der Waals surface area (Å²) >= 11 is 0. The molecule has 2 aromatic rings. The van der Waals surface area contributed by atoms with Crippen LogP contribution in [0.5, 0.6) is 0 Å². The number of aromatic nitrogens is 2. The Hall–Kier alpha value is -2.27. The SMILES string of the molecule is Cc1cccc(CCN2C(=O)CCc3c(C)nc(C4CCNC4)nc32)c1. The van der Waals surface area contributed by atoms with E-state index in [1.807, 2.05) is 4.90 Å². The standard InChI is InChI=1S/C21H26N4O/c1-14-4-3-5-16(12-14)9-11-25-19(26)7-6-18-15(2)23-20(24-21(18)25)17-8-10-22-13-17/h3-5,12,17,22H,6-11,13H2,1-2H3. The highest BCUT2D eigenvalue weighted by molar-refractivity contribution is 5.95. The highest BCUT2D eigenvalue weighted by Crippen LogP contribution is 2.30.